The van der Waals surface area contributed by atoms with Crippen LogP contribution in [-0.2, 0) is 0 Å². The van der Waals surface area contributed by atoms with Gasteiger partial charge >= 0.3 is 0 Å². The van der Waals surface area contributed by atoms with Crippen molar-refractivity contribution in [3.63, 3.8) is 0 Å². The van der Waals surface area contributed by atoms with Crippen molar-refractivity contribution in [2.75, 3.05) is 29.9 Å². The molecule has 1 aliphatic rings. The number of piperidine rings is 1. The number of para-hydroxylation sites is 1. The van der Waals surface area contributed by atoms with E-state index in [0.717, 1.165) is 49.1 Å². The molecule has 2 N–H and O–H groups in total. The van der Waals surface area contributed by atoms with Gasteiger partial charge in [0.2, 0.25) is 5.95 Å². The summed E-state index contributed by atoms with van der Waals surface area (Å²) in [5.74, 6) is 1.07. The summed E-state index contributed by atoms with van der Waals surface area (Å²) in [4.78, 5) is 24.1. The van der Waals surface area contributed by atoms with E-state index in [2.05, 4.69) is 32.3 Å². The normalized spacial score (nSPS) is 14.5. The van der Waals surface area contributed by atoms with Gasteiger partial charge in [-0.3, -0.25) is 9.36 Å². The number of aliphatic hydroxyl groups is 1. The van der Waals surface area contributed by atoms with Crippen molar-refractivity contribution in [2.45, 2.75) is 19.3 Å². The maximum atomic E-state index is 12.6. The zero-order chi connectivity index (χ0) is 22.6. The highest BCUT2D eigenvalue weighted by molar-refractivity contribution is 5.77. The van der Waals surface area contributed by atoms with Gasteiger partial charge in [0.1, 0.15) is 0 Å². The molecule has 7 heteroatoms. The van der Waals surface area contributed by atoms with Gasteiger partial charge < -0.3 is 15.3 Å². The average Bonchev–Trinajstić information content (AvgIpc) is 2.86. The lowest BCUT2D eigenvalue weighted by molar-refractivity contribution is 0.240. The summed E-state index contributed by atoms with van der Waals surface area (Å²) >= 11 is 0. The van der Waals surface area contributed by atoms with E-state index >= 15 is 0 Å². The lowest BCUT2D eigenvalue weighted by atomic mass is 9.93. The van der Waals surface area contributed by atoms with E-state index < -0.39 is 0 Å². The van der Waals surface area contributed by atoms with Crippen molar-refractivity contribution in [1.82, 2.24) is 14.5 Å². The molecule has 3 heterocycles. The second kappa shape index (κ2) is 9.42. The van der Waals surface area contributed by atoms with Gasteiger partial charge in [0, 0.05) is 48.7 Å². The Morgan fingerprint density at radius 1 is 0.939 bits per heavy atom. The van der Waals surface area contributed by atoms with Crippen LogP contribution in [0.1, 0.15) is 19.3 Å². The molecule has 0 aliphatic carbocycles. The Labute approximate surface area is 192 Å². The molecule has 33 heavy (non-hydrogen) atoms. The largest absolute Gasteiger partial charge is 0.396 e. The predicted octanol–water partition coefficient (Wildman–Crippen LogP) is 4.12. The van der Waals surface area contributed by atoms with Crippen molar-refractivity contribution < 1.29 is 5.11 Å². The predicted molar refractivity (Wildman–Crippen MR) is 131 cm³/mol. The molecule has 0 amide bonds. The van der Waals surface area contributed by atoms with E-state index in [4.69, 9.17) is 5.11 Å². The van der Waals surface area contributed by atoms with Crippen LogP contribution in [0.5, 0.6) is 0 Å². The minimum atomic E-state index is -0.134. The number of hydrogen-bond donors (Lipinski definition) is 2. The highest BCUT2D eigenvalue weighted by Gasteiger charge is 2.19. The third-order valence-electron chi connectivity index (χ3n) is 6.29. The van der Waals surface area contributed by atoms with Gasteiger partial charge in [0.25, 0.3) is 5.56 Å². The second-order valence-corrected chi connectivity index (χ2v) is 8.43. The van der Waals surface area contributed by atoms with Crippen LogP contribution < -0.4 is 15.8 Å². The van der Waals surface area contributed by atoms with Crippen LogP contribution in [0.2, 0.25) is 0 Å². The van der Waals surface area contributed by atoms with Gasteiger partial charge in [-0.25, -0.2) is 4.98 Å². The first-order valence-corrected chi connectivity index (χ1v) is 11.4. The number of aliphatic hydroxyl groups excluding tert-OH is 1. The first-order chi connectivity index (χ1) is 16.2. The summed E-state index contributed by atoms with van der Waals surface area (Å²) in [6, 6.07) is 21.1. The van der Waals surface area contributed by atoms with Crippen LogP contribution in [-0.4, -0.2) is 39.3 Å². The standard InChI is InChI=1S/C26H27N5O2/c32-17-14-19-12-15-30(16-13-19)22-9-7-21(8-10-22)28-26-27-18-20-6-11-24(33)31(25(20)29-26)23-4-2-1-3-5-23/h1-11,18-19,32H,12-17H2,(H,27,28,29). The minimum absolute atomic E-state index is 0.134. The first kappa shape index (κ1) is 21.2. The maximum Gasteiger partial charge on any atom is 0.256 e. The van der Waals surface area contributed by atoms with Crippen LogP contribution in [0.4, 0.5) is 17.3 Å². The highest BCUT2D eigenvalue weighted by atomic mass is 16.3. The number of nitrogens with one attached hydrogen (secondary N) is 1. The Bertz CT molecular complexity index is 1280. The number of fused-ring (bicyclic) bond motifs is 1. The van der Waals surface area contributed by atoms with Crippen molar-refractivity contribution in [3.05, 3.63) is 83.3 Å². The fraction of sp³-hybridized carbons (Fsp3) is 0.269. The van der Waals surface area contributed by atoms with Crippen LogP contribution >= 0.6 is 0 Å². The summed E-state index contributed by atoms with van der Waals surface area (Å²) in [5.41, 5.74) is 3.28. The zero-order valence-electron chi connectivity index (χ0n) is 18.4. The summed E-state index contributed by atoms with van der Waals surface area (Å²) < 4.78 is 1.60. The molecule has 1 aliphatic heterocycles. The minimum Gasteiger partial charge on any atom is -0.396 e. The number of hydrogen-bond acceptors (Lipinski definition) is 6. The van der Waals surface area contributed by atoms with Gasteiger partial charge in [0.05, 0.1) is 5.69 Å². The van der Waals surface area contributed by atoms with Gasteiger partial charge in [-0.2, -0.15) is 4.98 Å². The van der Waals surface area contributed by atoms with Gasteiger partial charge in [-0.05, 0) is 67.6 Å². The maximum absolute atomic E-state index is 12.6. The lowest BCUT2D eigenvalue weighted by Gasteiger charge is -2.33. The Morgan fingerprint density at radius 3 is 2.42 bits per heavy atom. The molecule has 0 bridgehead atoms. The van der Waals surface area contributed by atoms with Gasteiger partial charge in [-0.1, -0.05) is 18.2 Å². The first-order valence-electron chi connectivity index (χ1n) is 11.4. The Balaban J connectivity index is 1.36. The van der Waals surface area contributed by atoms with Crippen molar-refractivity contribution >= 4 is 28.4 Å². The number of anilines is 3. The fourth-order valence-electron chi connectivity index (χ4n) is 4.45. The molecule has 2 aromatic carbocycles. The number of nitrogens with zero attached hydrogens (tertiary/aromatic N) is 4. The smallest absolute Gasteiger partial charge is 0.256 e. The molecule has 0 saturated carbocycles. The number of aromatic nitrogens is 3. The van der Waals surface area contributed by atoms with Crippen LogP contribution in [0, 0.1) is 5.92 Å². The topological polar surface area (TPSA) is 83.3 Å². The molecule has 5 rings (SSSR count). The Kier molecular flexibility index (Phi) is 6.04. The second-order valence-electron chi connectivity index (χ2n) is 8.43. The van der Waals surface area contributed by atoms with E-state index in [1.165, 1.54) is 11.8 Å². The number of rotatable bonds is 6. The van der Waals surface area contributed by atoms with Crippen LogP contribution in [0.15, 0.2) is 77.7 Å². The number of benzene rings is 2. The van der Waals surface area contributed by atoms with E-state index in [0.29, 0.717) is 17.5 Å². The summed E-state index contributed by atoms with van der Waals surface area (Å²) in [7, 11) is 0. The molecule has 1 saturated heterocycles. The molecular weight excluding hydrogens is 414 g/mol. The molecule has 4 aromatic rings. The Morgan fingerprint density at radius 2 is 1.70 bits per heavy atom. The van der Waals surface area contributed by atoms with Crippen LogP contribution in [0.3, 0.4) is 0 Å². The molecule has 0 atom stereocenters. The van der Waals surface area contributed by atoms with Crippen molar-refractivity contribution in [2.24, 2.45) is 5.92 Å². The molecule has 7 nitrogen and oxygen atoms in total. The fourth-order valence-corrected chi connectivity index (χ4v) is 4.45. The summed E-state index contributed by atoms with van der Waals surface area (Å²) in [6.45, 7) is 2.31. The van der Waals surface area contributed by atoms with Crippen LogP contribution in [0.25, 0.3) is 16.7 Å². The molecular formula is C26H27N5O2. The monoisotopic (exact) mass is 441 g/mol. The summed E-state index contributed by atoms with van der Waals surface area (Å²) in [5, 5.41) is 13.2. The summed E-state index contributed by atoms with van der Waals surface area (Å²) in [6.07, 6.45) is 4.87. The molecule has 168 valence electrons. The SMILES string of the molecule is O=c1ccc2cnc(Nc3ccc(N4CCC(CCO)CC4)cc3)nc2n1-c1ccccc1. The molecule has 2 aromatic heterocycles. The third kappa shape index (κ3) is 4.59. The third-order valence-corrected chi connectivity index (χ3v) is 6.29. The molecule has 0 unspecified atom stereocenters. The lowest BCUT2D eigenvalue weighted by Crippen LogP contribution is -2.33. The van der Waals surface area contributed by atoms with E-state index in [9.17, 15) is 4.79 Å². The molecule has 0 spiro atoms. The van der Waals surface area contributed by atoms with Gasteiger partial charge in [0.15, 0.2) is 5.65 Å². The van der Waals surface area contributed by atoms with E-state index in [1.807, 2.05) is 42.5 Å². The zero-order valence-corrected chi connectivity index (χ0v) is 18.4. The van der Waals surface area contributed by atoms with Gasteiger partial charge in [-0.15, -0.1) is 0 Å². The molecule has 0 radical (unpaired) electrons. The number of pyridine rings is 1. The van der Waals surface area contributed by atoms with E-state index in [1.54, 1.807) is 16.8 Å². The highest BCUT2D eigenvalue weighted by Crippen LogP contribution is 2.27. The van der Waals surface area contributed by atoms with Crippen molar-refractivity contribution in [3.8, 4) is 5.69 Å². The Hall–Kier alpha value is -3.71. The quantitative estimate of drug-likeness (QED) is 0.468. The average molecular weight is 442 g/mol. The van der Waals surface area contributed by atoms with E-state index in [-0.39, 0.29) is 12.2 Å². The molecule has 1 fully saturated rings. The van der Waals surface area contributed by atoms with Crippen molar-refractivity contribution in [1.29, 1.82) is 0 Å².